The summed E-state index contributed by atoms with van der Waals surface area (Å²) in [7, 11) is 0. The summed E-state index contributed by atoms with van der Waals surface area (Å²) in [6.45, 7) is 8.87. The van der Waals surface area contributed by atoms with Gasteiger partial charge in [0.15, 0.2) is 11.0 Å². The third kappa shape index (κ3) is 4.34. The quantitative estimate of drug-likeness (QED) is 0.873. The first kappa shape index (κ1) is 17.8. The van der Waals surface area contributed by atoms with E-state index in [0.717, 1.165) is 47.5 Å². The number of carbonyl (C=O) groups is 1. The highest BCUT2D eigenvalue weighted by molar-refractivity contribution is 7.13. The van der Waals surface area contributed by atoms with Crippen LogP contribution in [-0.4, -0.2) is 32.3 Å². The summed E-state index contributed by atoms with van der Waals surface area (Å²) in [5.41, 5.74) is 1.88. The van der Waals surface area contributed by atoms with E-state index < -0.39 is 0 Å². The van der Waals surface area contributed by atoms with Gasteiger partial charge >= 0.3 is 0 Å². The molecule has 1 aliphatic rings. The minimum Gasteiger partial charge on any atom is -0.332 e. The first-order chi connectivity index (χ1) is 11.9. The number of hydrogen-bond donors (Lipinski definition) is 1. The second kappa shape index (κ2) is 7.47. The van der Waals surface area contributed by atoms with Crippen molar-refractivity contribution in [2.75, 3.05) is 11.9 Å². The lowest BCUT2D eigenvalue weighted by molar-refractivity contribution is -0.133. The van der Waals surface area contributed by atoms with Crippen LogP contribution in [0.15, 0.2) is 11.4 Å². The molecule has 3 heterocycles. The van der Waals surface area contributed by atoms with Crippen molar-refractivity contribution >= 4 is 28.2 Å². The third-order valence-electron chi connectivity index (χ3n) is 4.18. The Balaban J connectivity index is 1.82. The summed E-state index contributed by atoms with van der Waals surface area (Å²) in [5, 5.41) is 6.08. The molecule has 0 spiro atoms. The van der Waals surface area contributed by atoms with Gasteiger partial charge in [-0.3, -0.25) is 4.79 Å². The summed E-state index contributed by atoms with van der Waals surface area (Å²) >= 11 is 1.55. The lowest BCUT2D eigenvalue weighted by Gasteiger charge is -2.25. The largest absolute Gasteiger partial charge is 0.332 e. The van der Waals surface area contributed by atoms with Crippen LogP contribution in [0.5, 0.6) is 0 Å². The molecule has 1 atom stereocenters. The van der Waals surface area contributed by atoms with Crippen molar-refractivity contribution in [2.24, 2.45) is 5.92 Å². The Bertz CT molecular complexity index is 758. The Morgan fingerprint density at radius 3 is 2.80 bits per heavy atom. The monoisotopic (exact) mass is 359 g/mol. The first-order valence-electron chi connectivity index (χ1n) is 8.76. The summed E-state index contributed by atoms with van der Waals surface area (Å²) in [6, 6.07) is 1.89. The number of rotatable bonds is 5. The number of aryl methyl sites for hydroxylation is 2. The fraction of sp³-hybridized carbons (Fsp3) is 0.556. The number of thiazole rings is 1. The van der Waals surface area contributed by atoms with Gasteiger partial charge in [-0.1, -0.05) is 13.8 Å². The van der Waals surface area contributed by atoms with Crippen molar-refractivity contribution in [2.45, 2.75) is 53.0 Å². The molecular weight excluding hydrogens is 334 g/mol. The van der Waals surface area contributed by atoms with Crippen LogP contribution in [0.4, 0.5) is 10.9 Å². The molecule has 1 fully saturated rings. The molecule has 1 amide bonds. The lowest BCUT2D eigenvalue weighted by atomic mass is 10.1. The molecule has 3 rings (SSSR count). The van der Waals surface area contributed by atoms with E-state index in [1.807, 2.05) is 30.2 Å². The van der Waals surface area contributed by atoms with Gasteiger partial charge in [0.25, 0.3) is 0 Å². The highest BCUT2D eigenvalue weighted by Gasteiger charge is 2.32. The zero-order valence-electron chi connectivity index (χ0n) is 15.2. The number of carbonyl (C=O) groups excluding carboxylic acids is 1. The van der Waals surface area contributed by atoms with E-state index in [4.69, 9.17) is 0 Å². The average molecular weight is 359 g/mol. The van der Waals surface area contributed by atoms with Crippen LogP contribution in [0.3, 0.4) is 0 Å². The van der Waals surface area contributed by atoms with Crippen molar-refractivity contribution in [3.8, 4) is 0 Å². The van der Waals surface area contributed by atoms with Crippen LogP contribution >= 0.6 is 11.3 Å². The van der Waals surface area contributed by atoms with E-state index in [1.165, 1.54) is 0 Å². The molecule has 1 aliphatic heterocycles. The Labute approximate surface area is 152 Å². The van der Waals surface area contributed by atoms with E-state index in [1.54, 1.807) is 11.3 Å². The topological polar surface area (TPSA) is 71.0 Å². The molecule has 134 valence electrons. The van der Waals surface area contributed by atoms with Crippen LogP contribution in [0.2, 0.25) is 0 Å². The minimum atomic E-state index is -0.0234. The molecular formula is C18H25N5OS. The number of nitrogens with one attached hydrogen (secondary N) is 1. The zero-order valence-corrected chi connectivity index (χ0v) is 16.1. The number of nitrogens with zero attached hydrogens (tertiary/aromatic N) is 4. The fourth-order valence-corrected chi connectivity index (χ4v) is 3.82. The van der Waals surface area contributed by atoms with E-state index in [0.29, 0.717) is 12.3 Å². The van der Waals surface area contributed by atoms with Crippen LogP contribution in [0, 0.1) is 19.8 Å². The maximum Gasteiger partial charge on any atom is 0.223 e. The van der Waals surface area contributed by atoms with Crippen molar-refractivity contribution < 1.29 is 4.79 Å². The predicted molar refractivity (Wildman–Crippen MR) is 100 cm³/mol. The lowest BCUT2D eigenvalue weighted by Crippen LogP contribution is -2.32. The molecule has 1 N–H and O–H groups in total. The van der Waals surface area contributed by atoms with E-state index >= 15 is 0 Å². The molecule has 0 aromatic carbocycles. The molecule has 6 nitrogen and oxygen atoms in total. The second-order valence-electron chi connectivity index (χ2n) is 7.01. The predicted octanol–water partition coefficient (Wildman–Crippen LogP) is 4.00. The van der Waals surface area contributed by atoms with E-state index in [-0.39, 0.29) is 11.9 Å². The molecule has 0 aliphatic carbocycles. The molecule has 0 radical (unpaired) electrons. The van der Waals surface area contributed by atoms with Crippen LogP contribution in [-0.2, 0) is 4.79 Å². The minimum absolute atomic E-state index is 0.0234. The summed E-state index contributed by atoms with van der Waals surface area (Å²) < 4.78 is 0. The van der Waals surface area contributed by atoms with Gasteiger partial charge in [0.2, 0.25) is 5.91 Å². The van der Waals surface area contributed by atoms with Gasteiger partial charge in [-0.25, -0.2) is 15.0 Å². The number of hydrogen-bond acceptors (Lipinski definition) is 6. The Morgan fingerprint density at radius 1 is 1.32 bits per heavy atom. The van der Waals surface area contributed by atoms with Gasteiger partial charge in [-0.2, -0.15) is 0 Å². The highest BCUT2D eigenvalue weighted by Crippen LogP contribution is 2.32. The Morgan fingerprint density at radius 2 is 2.12 bits per heavy atom. The summed E-state index contributed by atoms with van der Waals surface area (Å²) in [5.74, 6) is 2.02. The molecule has 2 aromatic rings. The van der Waals surface area contributed by atoms with Gasteiger partial charge in [0.05, 0.1) is 11.7 Å². The van der Waals surface area contributed by atoms with Crippen LogP contribution < -0.4 is 5.32 Å². The Kier molecular flexibility index (Phi) is 5.32. The smallest absolute Gasteiger partial charge is 0.223 e. The first-order valence-corrected chi connectivity index (χ1v) is 9.64. The fourth-order valence-electron chi connectivity index (χ4n) is 3.13. The molecule has 0 unspecified atom stereocenters. The zero-order chi connectivity index (χ0) is 18.0. The van der Waals surface area contributed by atoms with Crippen molar-refractivity contribution in [3.63, 3.8) is 0 Å². The van der Waals surface area contributed by atoms with E-state index in [9.17, 15) is 4.79 Å². The van der Waals surface area contributed by atoms with Gasteiger partial charge in [0, 0.05) is 30.1 Å². The molecule has 0 saturated carbocycles. The molecule has 7 heteroatoms. The maximum atomic E-state index is 12.5. The maximum absolute atomic E-state index is 12.5. The average Bonchev–Trinajstić information content (AvgIpc) is 3.15. The van der Waals surface area contributed by atoms with Gasteiger partial charge in [-0.15, -0.1) is 11.3 Å². The van der Waals surface area contributed by atoms with Gasteiger partial charge < -0.3 is 10.2 Å². The van der Waals surface area contributed by atoms with E-state index in [2.05, 4.69) is 34.1 Å². The highest BCUT2D eigenvalue weighted by atomic mass is 32.1. The van der Waals surface area contributed by atoms with Crippen molar-refractivity contribution in [1.29, 1.82) is 0 Å². The molecule has 25 heavy (non-hydrogen) atoms. The molecule has 1 saturated heterocycles. The normalized spacial score (nSPS) is 17.3. The van der Waals surface area contributed by atoms with Crippen molar-refractivity contribution in [1.82, 2.24) is 19.9 Å². The Hall–Kier alpha value is -2.02. The number of amides is 1. The van der Waals surface area contributed by atoms with Gasteiger partial charge in [0.1, 0.15) is 5.82 Å². The van der Waals surface area contributed by atoms with Crippen LogP contribution in [0.25, 0.3) is 0 Å². The molecule has 0 bridgehead atoms. The van der Waals surface area contributed by atoms with Crippen molar-refractivity contribution in [3.05, 3.63) is 28.7 Å². The second-order valence-corrected chi connectivity index (χ2v) is 7.87. The molecule has 2 aromatic heterocycles. The summed E-state index contributed by atoms with van der Waals surface area (Å²) in [6.07, 6.45) is 2.50. The number of likely N-dealkylation sites (tertiary alicyclic amines) is 1. The number of anilines is 2. The van der Waals surface area contributed by atoms with Gasteiger partial charge in [-0.05, 0) is 32.6 Å². The van der Waals surface area contributed by atoms with Crippen LogP contribution in [0.1, 0.15) is 56.4 Å². The third-order valence-corrected chi connectivity index (χ3v) is 5.06. The standard InChI is InChI=1S/C18H25N5OS/c1-11(2)8-16(24)23-7-5-6-14(23)17-19-12(3)9-15(21-17)22-18-20-13(4)10-25-18/h9-11,14H,5-8H2,1-4H3,(H,19,20,21,22)/t14-/m0/s1. The summed E-state index contributed by atoms with van der Waals surface area (Å²) in [4.78, 5) is 28.2. The SMILES string of the molecule is Cc1cc(Nc2nc(C)cs2)nc([C@@H]2CCCN2C(=O)CC(C)C)n1. The number of aromatic nitrogens is 3.